The molecule has 1 aliphatic rings. The lowest BCUT2D eigenvalue weighted by Gasteiger charge is -2.18. The average Bonchev–Trinajstić information content (AvgIpc) is 2.90. The van der Waals surface area contributed by atoms with Crippen LogP contribution in [-0.2, 0) is 11.3 Å². The minimum atomic E-state index is 0.0507. The second-order valence-electron chi connectivity index (χ2n) is 5.55. The number of amides is 1. The molecule has 22 heavy (non-hydrogen) atoms. The van der Waals surface area contributed by atoms with Crippen LogP contribution in [-0.4, -0.2) is 29.1 Å². The second kappa shape index (κ2) is 6.62. The van der Waals surface area contributed by atoms with E-state index in [0.717, 1.165) is 17.1 Å². The van der Waals surface area contributed by atoms with E-state index in [0.29, 0.717) is 19.5 Å². The highest BCUT2D eigenvalue weighted by Crippen LogP contribution is 2.28. The highest BCUT2D eigenvalue weighted by atomic mass is 16.5. The maximum atomic E-state index is 12.0. The van der Waals surface area contributed by atoms with E-state index in [1.54, 1.807) is 4.90 Å². The minimum Gasteiger partial charge on any atom is -0.457 e. The molecule has 114 valence electrons. The molecule has 4 heteroatoms. The van der Waals surface area contributed by atoms with Gasteiger partial charge in [-0.25, -0.2) is 0 Å². The van der Waals surface area contributed by atoms with Gasteiger partial charge in [0.2, 0.25) is 5.91 Å². The van der Waals surface area contributed by atoms with Crippen molar-refractivity contribution in [1.29, 1.82) is 0 Å². The number of benzene rings is 2. The summed E-state index contributed by atoms with van der Waals surface area (Å²) in [5, 5.41) is 9.21. The maximum Gasteiger partial charge on any atom is 0.223 e. The van der Waals surface area contributed by atoms with E-state index in [2.05, 4.69) is 0 Å². The number of carbonyl (C=O) groups is 1. The van der Waals surface area contributed by atoms with Gasteiger partial charge in [0.05, 0.1) is 0 Å². The van der Waals surface area contributed by atoms with Crippen LogP contribution in [0.25, 0.3) is 0 Å². The first-order valence-electron chi connectivity index (χ1n) is 7.45. The van der Waals surface area contributed by atoms with Crippen molar-refractivity contribution >= 4 is 5.91 Å². The first-order valence-corrected chi connectivity index (χ1v) is 7.45. The monoisotopic (exact) mass is 297 g/mol. The molecular weight excluding hydrogens is 278 g/mol. The van der Waals surface area contributed by atoms with E-state index in [4.69, 9.17) is 4.74 Å². The molecule has 1 saturated heterocycles. The first kappa shape index (κ1) is 14.6. The fourth-order valence-electron chi connectivity index (χ4n) is 2.68. The van der Waals surface area contributed by atoms with Gasteiger partial charge in [-0.3, -0.25) is 4.79 Å². The average molecular weight is 297 g/mol. The fourth-order valence-corrected chi connectivity index (χ4v) is 2.68. The summed E-state index contributed by atoms with van der Waals surface area (Å²) in [6.45, 7) is 1.18. The Hall–Kier alpha value is -2.33. The zero-order chi connectivity index (χ0) is 15.4. The van der Waals surface area contributed by atoms with Gasteiger partial charge < -0.3 is 14.7 Å². The number of rotatable bonds is 5. The van der Waals surface area contributed by atoms with Crippen LogP contribution in [0.3, 0.4) is 0 Å². The number of carbonyl (C=O) groups excluding carboxylic acids is 1. The van der Waals surface area contributed by atoms with Crippen molar-refractivity contribution in [1.82, 2.24) is 4.90 Å². The van der Waals surface area contributed by atoms with Gasteiger partial charge in [0.1, 0.15) is 11.5 Å². The molecule has 0 aromatic heterocycles. The fraction of sp³-hybridized carbons (Fsp3) is 0.278. The number of ether oxygens (including phenoxy) is 1. The van der Waals surface area contributed by atoms with Gasteiger partial charge in [-0.15, -0.1) is 0 Å². The molecular formula is C18H19NO3. The van der Waals surface area contributed by atoms with Crippen LogP contribution < -0.4 is 4.74 Å². The normalized spacial score (nSPS) is 17.8. The van der Waals surface area contributed by atoms with Crippen molar-refractivity contribution in [2.45, 2.75) is 13.0 Å². The lowest BCUT2D eigenvalue weighted by atomic mass is 10.1. The van der Waals surface area contributed by atoms with Gasteiger partial charge in [0, 0.05) is 37.6 Å². The number of para-hydroxylation sites is 2. The Balaban J connectivity index is 1.76. The quantitative estimate of drug-likeness (QED) is 0.923. The van der Waals surface area contributed by atoms with Gasteiger partial charge in [-0.05, 0) is 18.2 Å². The lowest BCUT2D eigenvalue weighted by molar-refractivity contribution is -0.128. The van der Waals surface area contributed by atoms with E-state index in [9.17, 15) is 9.90 Å². The Morgan fingerprint density at radius 1 is 1.09 bits per heavy atom. The molecule has 2 aromatic carbocycles. The Kier molecular flexibility index (Phi) is 4.39. The van der Waals surface area contributed by atoms with Crippen LogP contribution >= 0.6 is 0 Å². The van der Waals surface area contributed by atoms with Crippen molar-refractivity contribution in [3.8, 4) is 11.5 Å². The summed E-state index contributed by atoms with van der Waals surface area (Å²) >= 11 is 0. The third-order valence-corrected chi connectivity index (χ3v) is 3.86. The van der Waals surface area contributed by atoms with E-state index >= 15 is 0 Å². The Labute approximate surface area is 130 Å². The topological polar surface area (TPSA) is 49.8 Å². The smallest absolute Gasteiger partial charge is 0.223 e. The molecule has 0 aliphatic carbocycles. The van der Waals surface area contributed by atoms with Crippen molar-refractivity contribution in [2.24, 2.45) is 5.92 Å². The van der Waals surface area contributed by atoms with Gasteiger partial charge >= 0.3 is 0 Å². The maximum absolute atomic E-state index is 12.0. The number of aliphatic hydroxyl groups is 1. The minimum absolute atomic E-state index is 0.0507. The van der Waals surface area contributed by atoms with E-state index < -0.39 is 0 Å². The molecule has 0 spiro atoms. The van der Waals surface area contributed by atoms with Crippen molar-refractivity contribution in [3.63, 3.8) is 0 Å². The van der Waals surface area contributed by atoms with Crippen molar-refractivity contribution in [3.05, 3.63) is 60.2 Å². The first-order chi connectivity index (χ1) is 10.8. The third kappa shape index (κ3) is 3.28. The van der Waals surface area contributed by atoms with Crippen molar-refractivity contribution < 1.29 is 14.6 Å². The van der Waals surface area contributed by atoms with E-state index in [-0.39, 0.29) is 18.4 Å². The number of hydrogen-bond donors (Lipinski definition) is 1. The predicted molar refractivity (Wildman–Crippen MR) is 83.6 cm³/mol. The summed E-state index contributed by atoms with van der Waals surface area (Å²) in [4.78, 5) is 13.8. The van der Waals surface area contributed by atoms with Gasteiger partial charge in [-0.2, -0.15) is 0 Å². The second-order valence-corrected chi connectivity index (χ2v) is 5.55. The Morgan fingerprint density at radius 2 is 1.82 bits per heavy atom. The Morgan fingerprint density at radius 3 is 2.55 bits per heavy atom. The summed E-state index contributed by atoms with van der Waals surface area (Å²) < 4.78 is 5.92. The molecule has 1 fully saturated rings. The van der Waals surface area contributed by atoms with Crippen LogP contribution in [0.5, 0.6) is 11.5 Å². The molecule has 1 heterocycles. The molecule has 4 nitrogen and oxygen atoms in total. The molecule has 1 unspecified atom stereocenters. The lowest BCUT2D eigenvalue weighted by Crippen LogP contribution is -2.25. The van der Waals surface area contributed by atoms with Gasteiger partial charge in [0.15, 0.2) is 0 Å². The zero-order valence-electron chi connectivity index (χ0n) is 12.3. The SMILES string of the molecule is O=C1CC(CO)CN1Cc1ccccc1Oc1ccccc1. The molecule has 0 radical (unpaired) electrons. The van der Waals surface area contributed by atoms with Crippen LogP contribution in [0.2, 0.25) is 0 Å². The number of aliphatic hydroxyl groups excluding tert-OH is 1. The van der Waals surface area contributed by atoms with E-state index in [1.807, 2.05) is 54.6 Å². The highest BCUT2D eigenvalue weighted by molar-refractivity contribution is 5.78. The molecule has 1 N–H and O–H groups in total. The van der Waals surface area contributed by atoms with Crippen LogP contribution in [0.4, 0.5) is 0 Å². The molecule has 0 saturated carbocycles. The summed E-state index contributed by atoms with van der Waals surface area (Å²) in [6.07, 6.45) is 0.429. The number of nitrogens with zero attached hydrogens (tertiary/aromatic N) is 1. The van der Waals surface area contributed by atoms with Crippen LogP contribution in [0.1, 0.15) is 12.0 Å². The van der Waals surface area contributed by atoms with E-state index in [1.165, 1.54) is 0 Å². The van der Waals surface area contributed by atoms with Crippen LogP contribution in [0, 0.1) is 5.92 Å². The number of hydrogen-bond acceptors (Lipinski definition) is 3. The standard InChI is InChI=1S/C18H19NO3/c20-13-14-10-18(21)19(11-14)12-15-6-4-5-9-17(15)22-16-7-2-1-3-8-16/h1-9,14,20H,10-13H2. The van der Waals surface area contributed by atoms with Crippen molar-refractivity contribution in [2.75, 3.05) is 13.2 Å². The Bertz CT molecular complexity index is 642. The summed E-state index contributed by atoms with van der Waals surface area (Å²) in [7, 11) is 0. The zero-order valence-corrected chi connectivity index (χ0v) is 12.3. The molecule has 2 aromatic rings. The summed E-state index contributed by atoms with van der Waals surface area (Å²) in [6, 6.07) is 17.3. The number of likely N-dealkylation sites (tertiary alicyclic amines) is 1. The summed E-state index contributed by atoms with van der Waals surface area (Å²) in [5.74, 6) is 1.67. The molecule has 1 amide bonds. The van der Waals surface area contributed by atoms with Gasteiger partial charge in [-0.1, -0.05) is 36.4 Å². The van der Waals surface area contributed by atoms with Gasteiger partial charge in [0.25, 0.3) is 0 Å². The highest BCUT2D eigenvalue weighted by Gasteiger charge is 2.29. The molecule has 0 bridgehead atoms. The van der Waals surface area contributed by atoms with Crippen LogP contribution in [0.15, 0.2) is 54.6 Å². The summed E-state index contributed by atoms with van der Waals surface area (Å²) in [5.41, 5.74) is 0.971. The third-order valence-electron chi connectivity index (χ3n) is 3.86. The molecule has 1 aliphatic heterocycles. The molecule has 3 rings (SSSR count). The predicted octanol–water partition coefficient (Wildman–Crippen LogP) is 2.82. The largest absolute Gasteiger partial charge is 0.457 e. The molecule has 1 atom stereocenters.